The van der Waals surface area contributed by atoms with E-state index in [2.05, 4.69) is 18.4 Å². The molecule has 0 rings (SSSR count). The first-order valence-corrected chi connectivity index (χ1v) is 5.27. The van der Waals surface area contributed by atoms with Gasteiger partial charge in [-0.3, -0.25) is 13.6 Å². The van der Waals surface area contributed by atoms with E-state index in [9.17, 15) is 4.57 Å². The molecule has 0 aliphatic rings. The van der Waals surface area contributed by atoms with E-state index in [4.69, 9.17) is 21.9 Å². The van der Waals surface area contributed by atoms with Crippen molar-refractivity contribution in [2.45, 2.75) is 0 Å². The second-order valence-electron chi connectivity index (χ2n) is 2.04. The molecule has 0 aromatic carbocycles. The van der Waals surface area contributed by atoms with Crippen molar-refractivity contribution in [3.8, 4) is 24.7 Å². The highest BCUT2D eigenvalue weighted by atomic mass is 31.2. The van der Waals surface area contributed by atoms with Gasteiger partial charge in [0.15, 0.2) is 0 Å². The van der Waals surface area contributed by atoms with Gasteiger partial charge in [-0.2, -0.15) is 0 Å². The highest BCUT2D eigenvalue weighted by molar-refractivity contribution is 7.54. The molecular formula is C9H11O3P. The van der Waals surface area contributed by atoms with Gasteiger partial charge in [0.1, 0.15) is 13.2 Å². The Labute approximate surface area is 78.7 Å². The van der Waals surface area contributed by atoms with Crippen molar-refractivity contribution in [1.82, 2.24) is 0 Å². The Morgan fingerprint density at radius 2 is 1.77 bits per heavy atom. The van der Waals surface area contributed by atoms with Gasteiger partial charge in [0.2, 0.25) is 0 Å². The van der Waals surface area contributed by atoms with E-state index in [0.29, 0.717) is 0 Å². The van der Waals surface area contributed by atoms with Crippen molar-refractivity contribution in [1.29, 1.82) is 0 Å². The number of hydrogen-bond acceptors (Lipinski definition) is 3. The van der Waals surface area contributed by atoms with Gasteiger partial charge in [0.05, 0.1) is 6.16 Å². The van der Waals surface area contributed by atoms with Crippen LogP contribution in [0.1, 0.15) is 0 Å². The summed E-state index contributed by atoms with van der Waals surface area (Å²) in [5.74, 6) is 4.40. The Morgan fingerprint density at radius 3 is 2.08 bits per heavy atom. The zero-order valence-electron chi connectivity index (χ0n) is 7.23. The van der Waals surface area contributed by atoms with Gasteiger partial charge in [0, 0.05) is 0 Å². The minimum absolute atomic E-state index is 0.0598. The summed E-state index contributed by atoms with van der Waals surface area (Å²) in [4.78, 5) is 0. The van der Waals surface area contributed by atoms with Crippen LogP contribution in [0.15, 0.2) is 12.7 Å². The summed E-state index contributed by atoms with van der Waals surface area (Å²) in [6.45, 7) is 3.31. The lowest BCUT2D eigenvalue weighted by atomic mass is 10.8. The van der Waals surface area contributed by atoms with Gasteiger partial charge in [-0.1, -0.05) is 17.9 Å². The Kier molecular flexibility index (Phi) is 6.02. The minimum Gasteiger partial charge on any atom is -0.295 e. The second-order valence-corrected chi connectivity index (χ2v) is 4.14. The van der Waals surface area contributed by atoms with Crippen molar-refractivity contribution in [3.05, 3.63) is 12.7 Å². The monoisotopic (exact) mass is 198 g/mol. The van der Waals surface area contributed by atoms with Crippen LogP contribution in [-0.4, -0.2) is 19.4 Å². The van der Waals surface area contributed by atoms with Gasteiger partial charge in [-0.25, -0.2) is 0 Å². The van der Waals surface area contributed by atoms with E-state index in [1.807, 2.05) is 0 Å². The van der Waals surface area contributed by atoms with E-state index >= 15 is 0 Å². The average Bonchev–Trinajstić information content (AvgIpc) is 2.12. The van der Waals surface area contributed by atoms with E-state index in [1.54, 1.807) is 0 Å². The van der Waals surface area contributed by atoms with Gasteiger partial charge in [-0.05, 0) is 0 Å². The Bertz CT molecular complexity index is 260. The molecule has 0 N–H and O–H groups in total. The van der Waals surface area contributed by atoms with Crippen molar-refractivity contribution >= 4 is 7.60 Å². The van der Waals surface area contributed by atoms with Crippen LogP contribution in [0.25, 0.3) is 0 Å². The fourth-order valence-corrected chi connectivity index (χ4v) is 1.72. The first kappa shape index (κ1) is 12.0. The SMILES string of the molecule is C#CCOP(=O)(CC=C)OCC#C. The lowest BCUT2D eigenvalue weighted by molar-refractivity contribution is 0.245. The van der Waals surface area contributed by atoms with Crippen LogP contribution in [0, 0.1) is 24.7 Å². The normalized spacial score (nSPS) is 10.0. The molecule has 0 radical (unpaired) electrons. The first-order valence-electron chi connectivity index (χ1n) is 3.54. The van der Waals surface area contributed by atoms with Crippen molar-refractivity contribution in [2.75, 3.05) is 19.4 Å². The second kappa shape index (κ2) is 6.52. The number of rotatable bonds is 6. The van der Waals surface area contributed by atoms with E-state index in [1.165, 1.54) is 6.08 Å². The molecule has 0 aliphatic carbocycles. The standard InChI is InChI=1S/C9H11O3P/c1-4-7-11-13(10,9-6-3)12-8-5-2/h1-2,6H,3,7-9H2. The molecule has 3 nitrogen and oxygen atoms in total. The third-order valence-electron chi connectivity index (χ3n) is 1.04. The zero-order chi connectivity index (χ0) is 10.2. The number of terminal acetylenes is 2. The minimum atomic E-state index is -3.16. The maximum absolute atomic E-state index is 11.6. The van der Waals surface area contributed by atoms with E-state index in [-0.39, 0.29) is 19.4 Å². The molecule has 0 bridgehead atoms. The molecular weight excluding hydrogens is 187 g/mol. The summed E-state index contributed by atoms with van der Waals surface area (Å²) in [7, 11) is -3.16. The molecule has 0 heterocycles. The summed E-state index contributed by atoms with van der Waals surface area (Å²) in [6, 6.07) is 0. The first-order chi connectivity index (χ1) is 6.18. The quantitative estimate of drug-likeness (QED) is 0.370. The van der Waals surface area contributed by atoms with Crippen LogP contribution in [-0.2, 0) is 13.6 Å². The third-order valence-corrected chi connectivity index (χ3v) is 2.79. The topological polar surface area (TPSA) is 35.5 Å². The lowest BCUT2D eigenvalue weighted by Crippen LogP contribution is -1.99. The predicted molar refractivity (Wildman–Crippen MR) is 52.2 cm³/mol. The molecule has 0 fully saturated rings. The summed E-state index contributed by atoms with van der Waals surface area (Å²) in [5, 5.41) is 0. The van der Waals surface area contributed by atoms with Crippen LogP contribution in [0.4, 0.5) is 0 Å². The van der Waals surface area contributed by atoms with E-state index in [0.717, 1.165) is 0 Å². The van der Waals surface area contributed by atoms with Gasteiger partial charge in [0.25, 0.3) is 0 Å². The Morgan fingerprint density at radius 1 is 1.31 bits per heavy atom. The van der Waals surface area contributed by atoms with Gasteiger partial charge < -0.3 is 0 Å². The Balaban J connectivity index is 4.19. The van der Waals surface area contributed by atoms with E-state index < -0.39 is 7.60 Å². The molecule has 0 saturated carbocycles. The summed E-state index contributed by atoms with van der Waals surface area (Å²) in [6.07, 6.45) is 11.4. The summed E-state index contributed by atoms with van der Waals surface area (Å²) in [5.41, 5.74) is 0. The zero-order valence-corrected chi connectivity index (χ0v) is 8.13. The maximum Gasteiger partial charge on any atom is 0.336 e. The molecule has 4 heteroatoms. The average molecular weight is 198 g/mol. The van der Waals surface area contributed by atoms with Gasteiger partial charge in [-0.15, -0.1) is 19.4 Å². The fraction of sp³-hybridized carbons (Fsp3) is 0.333. The van der Waals surface area contributed by atoms with Crippen LogP contribution in [0.3, 0.4) is 0 Å². The molecule has 0 unspecified atom stereocenters. The fourth-order valence-electron chi connectivity index (χ4n) is 0.572. The number of allylic oxidation sites excluding steroid dienone is 1. The highest BCUT2D eigenvalue weighted by Crippen LogP contribution is 2.47. The molecule has 13 heavy (non-hydrogen) atoms. The summed E-state index contributed by atoms with van der Waals surface area (Å²) < 4.78 is 21.3. The molecule has 0 atom stereocenters. The third kappa shape index (κ3) is 5.28. The van der Waals surface area contributed by atoms with Crippen LogP contribution in [0.5, 0.6) is 0 Å². The van der Waals surface area contributed by atoms with Crippen LogP contribution in [0.2, 0.25) is 0 Å². The van der Waals surface area contributed by atoms with Crippen molar-refractivity contribution in [2.24, 2.45) is 0 Å². The lowest BCUT2D eigenvalue weighted by Gasteiger charge is -2.13. The molecule has 0 saturated heterocycles. The van der Waals surface area contributed by atoms with Crippen LogP contribution >= 0.6 is 7.60 Å². The predicted octanol–water partition coefficient (Wildman–Crippen LogP) is 1.67. The van der Waals surface area contributed by atoms with Gasteiger partial charge >= 0.3 is 7.60 Å². The smallest absolute Gasteiger partial charge is 0.295 e. The number of hydrogen-bond donors (Lipinski definition) is 0. The summed E-state index contributed by atoms with van der Waals surface area (Å²) >= 11 is 0. The molecule has 0 spiro atoms. The molecule has 0 aromatic rings. The molecule has 0 amide bonds. The van der Waals surface area contributed by atoms with Crippen molar-refractivity contribution < 1.29 is 13.6 Å². The maximum atomic E-state index is 11.6. The molecule has 70 valence electrons. The molecule has 0 aliphatic heterocycles. The molecule has 0 aromatic heterocycles. The Hall–Kier alpha value is -0.990. The largest absolute Gasteiger partial charge is 0.336 e. The van der Waals surface area contributed by atoms with Crippen LogP contribution < -0.4 is 0 Å². The van der Waals surface area contributed by atoms with Crippen molar-refractivity contribution in [3.63, 3.8) is 0 Å². The highest BCUT2D eigenvalue weighted by Gasteiger charge is 2.21.